The zero-order valence-electron chi connectivity index (χ0n) is 20.0. The van der Waals surface area contributed by atoms with Crippen LogP contribution in [0.1, 0.15) is 25.3 Å². The van der Waals surface area contributed by atoms with E-state index in [-0.39, 0.29) is 43.3 Å². The summed E-state index contributed by atoms with van der Waals surface area (Å²) in [6, 6.07) is 10.1. The van der Waals surface area contributed by atoms with Gasteiger partial charge in [-0.15, -0.1) is 0 Å². The second-order valence-electron chi connectivity index (χ2n) is 8.17. The molecule has 1 atom stereocenters. The van der Waals surface area contributed by atoms with Crippen LogP contribution in [0.5, 0.6) is 11.5 Å². The molecule has 190 valence electrons. The molecule has 2 aromatic rings. The van der Waals surface area contributed by atoms with Crippen molar-refractivity contribution in [2.24, 2.45) is 0 Å². The monoisotopic (exact) mass is 507 g/mol. The molecule has 2 amide bonds. The minimum absolute atomic E-state index is 0.0338. The number of halogens is 1. The van der Waals surface area contributed by atoms with Gasteiger partial charge in [0.25, 0.3) is 0 Å². The first-order valence-corrected chi connectivity index (χ1v) is 13.1. The summed E-state index contributed by atoms with van der Waals surface area (Å²) in [5, 5.41) is 2.50. The van der Waals surface area contributed by atoms with Gasteiger partial charge in [-0.3, -0.25) is 13.9 Å². The molecular weight excluding hydrogens is 477 g/mol. The Labute approximate surface area is 204 Å². The van der Waals surface area contributed by atoms with Crippen molar-refractivity contribution in [1.29, 1.82) is 0 Å². The molecule has 1 N–H and O–H groups in total. The van der Waals surface area contributed by atoms with E-state index in [2.05, 4.69) is 5.32 Å². The number of benzene rings is 2. The van der Waals surface area contributed by atoms with E-state index in [1.54, 1.807) is 43.3 Å². The first kappa shape index (κ1) is 26.3. The Bertz CT molecular complexity index is 1170. The molecule has 0 bridgehead atoms. The highest BCUT2D eigenvalue weighted by atomic mass is 32.2. The van der Waals surface area contributed by atoms with Crippen molar-refractivity contribution in [2.75, 3.05) is 37.4 Å². The number of nitrogens with zero attached hydrogens (tertiary/aromatic N) is 2. The number of carbonyl (C=O) groups excluding carboxylic acids is 2. The van der Waals surface area contributed by atoms with Crippen LogP contribution in [0.15, 0.2) is 42.5 Å². The smallest absolute Gasteiger partial charge is 0.242 e. The number of likely N-dealkylation sites (N-methyl/N-ethyl adjacent to an activating group) is 1. The molecule has 9 nitrogen and oxygen atoms in total. The van der Waals surface area contributed by atoms with E-state index in [4.69, 9.17) is 9.47 Å². The molecule has 0 saturated carbocycles. The summed E-state index contributed by atoms with van der Waals surface area (Å²) in [4.78, 5) is 26.6. The lowest BCUT2D eigenvalue weighted by Crippen LogP contribution is -2.47. The van der Waals surface area contributed by atoms with Gasteiger partial charge >= 0.3 is 0 Å². The number of ether oxygens (including phenoxy) is 2. The zero-order valence-corrected chi connectivity index (χ0v) is 20.8. The summed E-state index contributed by atoms with van der Waals surface area (Å²) in [7, 11) is -2.19. The minimum atomic E-state index is -3.65. The lowest BCUT2D eigenvalue weighted by molar-refractivity contribution is -0.140. The van der Waals surface area contributed by atoms with Crippen molar-refractivity contribution >= 4 is 27.5 Å². The predicted octanol–water partition coefficient (Wildman–Crippen LogP) is 2.31. The lowest BCUT2D eigenvalue weighted by Gasteiger charge is -2.29. The third-order valence-corrected chi connectivity index (χ3v) is 6.87. The molecule has 0 fully saturated rings. The number of fused-ring (bicyclic) bond motifs is 1. The summed E-state index contributed by atoms with van der Waals surface area (Å²) >= 11 is 0. The second kappa shape index (κ2) is 11.4. The van der Waals surface area contributed by atoms with Crippen molar-refractivity contribution < 1.29 is 31.9 Å². The van der Waals surface area contributed by atoms with Crippen molar-refractivity contribution in [3.63, 3.8) is 0 Å². The number of rotatable bonds is 10. The molecule has 35 heavy (non-hydrogen) atoms. The Morgan fingerprint density at radius 2 is 1.80 bits per heavy atom. The SMILES string of the molecule is CNC(=O)[C@H](C)N(Cc1ccccc1F)C(=O)CCCN(c1ccc2c(c1)OCCO2)S(C)(=O)=O. The summed E-state index contributed by atoms with van der Waals surface area (Å²) in [5.74, 6) is -0.260. The normalized spacial score (nSPS) is 13.6. The minimum Gasteiger partial charge on any atom is -0.486 e. The Morgan fingerprint density at radius 1 is 1.11 bits per heavy atom. The van der Waals surface area contributed by atoms with E-state index in [0.29, 0.717) is 30.4 Å². The summed E-state index contributed by atoms with van der Waals surface area (Å²) in [6.07, 6.45) is 1.24. The van der Waals surface area contributed by atoms with Crippen LogP contribution in [-0.4, -0.2) is 64.2 Å². The standard InChI is InChI=1S/C24H30FN3O6S/c1-17(24(30)26-2)27(16-18-7-4-5-8-20(18)25)23(29)9-6-12-28(35(3,31)32)19-10-11-21-22(15-19)34-14-13-33-21/h4-5,7-8,10-11,15,17H,6,9,12-14,16H2,1-3H3,(H,26,30)/t17-/m0/s1. The lowest BCUT2D eigenvalue weighted by atomic mass is 10.1. The van der Waals surface area contributed by atoms with E-state index in [1.807, 2.05) is 0 Å². The Morgan fingerprint density at radius 3 is 2.46 bits per heavy atom. The van der Waals surface area contributed by atoms with E-state index in [9.17, 15) is 22.4 Å². The third-order valence-electron chi connectivity index (χ3n) is 5.68. The van der Waals surface area contributed by atoms with E-state index >= 15 is 0 Å². The summed E-state index contributed by atoms with van der Waals surface area (Å²) < 4.78 is 51.4. The summed E-state index contributed by atoms with van der Waals surface area (Å²) in [6.45, 7) is 2.30. The van der Waals surface area contributed by atoms with Crippen LogP contribution < -0.4 is 19.1 Å². The fourth-order valence-corrected chi connectivity index (χ4v) is 4.75. The number of amides is 2. The molecule has 1 heterocycles. The zero-order chi connectivity index (χ0) is 25.6. The topological polar surface area (TPSA) is 105 Å². The van der Waals surface area contributed by atoms with E-state index in [1.165, 1.54) is 22.3 Å². The quantitative estimate of drug-likeness (QED) is 0.529. The number of anilines is 1. The molecule has 0 spiro atoms. The number of sulfonamides is 1. The maximum Gasteiger partial charge on any atom is 0.242 e. The van der Waals surface area contributed by atoms with Crippen molar-refractivity contribution in [2.45, 2.75) is 32.4 Å². The van der Waals surface area contributed by atoms with E-state index in [0.717, 1.165) is 6.26 Å². The third kappa shape index (κ3) is 6.62. The van der Waals surface area contributed by atoms with Gasteiger partial charge in [-0.1, -0.05) is 18.2 Å². The molecule has 11 heteroatoms. The largest absolute Gasteiger partial charge is 0.486 e. The van der Waals surface area contributed by atoms with Gasteiger partial charge in [0.2, 0.25) is 21.8 Å². The average Bonchev–Trinajstić information content (AvgIpc) is 2.84. The van der Waals surface area contributed by atoms with Gasteiger partial charge in [0.1, 0.15) is 25.1 Å². The molecule has 0 aliphatic carbocycles. The van der Waals surface area contributed by atoms with Crippen LogP contribution in [0.2, 0.25) is 0 Å². The predicted molar refractivity (Wildman–Crippen MR) is 129 cm³/mol. The van der Waals surface area contributed by atoms with Crippen LogP contribution in [-0.2, 0) is 26.2 Å². The maximum absolute atomic E-state index is 14.2. The first-order valence-electron chi connectivity index (χ1n) is 11.2. The Hall–Kier alpha value is -3.34. The molecular formula is C24H30FN3O6S. The van der Waals surface area contributed by atoms with Crippen molar-refractivity contribution in [3.05, 3.63) is 53.8 Å². The van der Waals surface area contributed by atoms with Crippen LogP contribution in [0.3, 0.4) is 0 Å². The van der Waals surface area contributed by atoms with Gasteiger partial charge < -0.3 is 19.7 Å². The second-order valence-corrected chi connectivity index (χ2v) is 10.1. The van der Waals surface area contributed by atoms with Crippen molar-refractivity contribution in [1.82, 2.24) is 10.2 Å². The molecule has 1 aliphatic rings. The fourth-order valence-electron chi connectivity index (χ4n) is 3.79. The molecule has 1 aliphatic heterocycles. The molecule has 2 aromatic carbocycles. The van der Waals surface area contributed by atoms with E-state index < -0.39 is 21.9 Å². The van der Waals surface area contributed by atoms with Crippen LogP contribution >= 0.6 is 0 Å². The highest BCUT2D eigenvalue weighted by molar-refractivity contribution is 7.92. The average molecular weight is 508 g/mol. The number of nitrogens with one attached hydrogen (secondary N) is 1. The molecule has 0 unspecified atom stereocenters. The number of carbonyl (C=O) groups is 2. The molecule has 0 saturated heterocycles. The number of hydrogen-bond acceptors (Lipinski definition) is 6. The van der Waals surface area contributed by atoms with Gasteiger partial charge in [-0.05, 0) is 31.5 Å². The highest BCUT2D eigenvalue weighted by Gasteiger charge is 2.27. The van der Waals surface area contributed by atoms with Crippen LogP contribution in [0, 0.1) is 5.82 Å². The van der Waals surface area contributed by atoms with Gasteiger partial charge in [0.15, 0.2) is 11.5 Å². The molecule has 0 aromatic heterocycles. The summed E-state index contributed by atoms with van der Waals surface area (Å²) in [5.41, 5.74) is 0.678. The van der Waals surface area contributed by atoms with Crippen LogP contribution in [0.4, 0.5) is 10.1 Å². The van der Waals surface area contributed by atoms with Gasteiger partial charge in [0.05, 0.1) is 11.9 Å². The maximum atomic E-state index is 14.2. The Kier molecular flexibility index (Phi) is 8.55. The van der Waals surface area contributed by atoms with Gasteiger partial charge in [-0.2, -0.15) is 0 Å². The van der Waals surface area contributed by atoms with Crippen LogP contribution in [0.25, 0.3) is 0 Å². The van der Waals surface area contributed by atoms with Crippen molar-refractivity contribution in [3.8, 4) is 11.5 Å². The highest BCUT2D eigenvalue weighted by Crippen LogP contribution is 2.34. The van der Waals surface area contributed by atoms with Gasteiger partial charge in [-0.25, -0.2) is 12.8 Å². The Balaban J connectivity index is 1.73. The molecule has 3 rings (SSSR count). The molecule has 0 radical (unpaired) electrons. The fraction of sp³-hybridized carbons (Fsp3) is 0.417. The van der Waals surface area contributed by atoms with Gasteiger partial charge in [0, 0.05) is 38.2 Å². The number of hydrogen-bond donors (Lipinski definition) is 1. The first-order chi connectivity index (χ1) is 16.6.